The van der Waals surface area contributed by atoms with E-state index in [1.54, 1.807) is 18.2 Å². The molecule has 0 radical (unpaired) electrons. The van der Waals surface area contributed by atoms with Gasteiger partial charge in [-0.1, -0.05) is 12.8 Å². The van der Waals surface area contributed by atoms with Crippen LogP contribution in [0.5, 0.6) is 17.2 Å². The Hall–Kier alpha value is -3.31. The molecule has 36 heavy (non-hydrogen) atoms. The monoisotopic (exact) mass is 518 g/mol. The second-order valence-corrected chi connectivity index (χ2v) is 10.5. The normalized spacial score (nSPS) is 16.9. The summed E-state index contributed by atoms with van der Waals surface area (Å²) < 4.78 is 49.4. The number of hydrogen-bond donors (Lipinski definition) is 1. The van der Waals surface area contributed by atoms with E-state index < -0.39 is 28.0 Å². The molecular formula is C25H30N2O8S. The second-order valence-electron chi connectivity index (χ2n) is 8.58. The summed E-state index contributed by atoms with van der Waals surface area (Å²) >= 11 is 0. The van der Waals surface area contributed by atoms with Gasteiger partial charge in [0.15, 0.2) is 17.6 Å². The average Bonchev–Trinajstić information content (AvgIpc) is 3.18. The molecule has 0 bridgehead atoms. The maximum absolute atomic E-state index is 13.2. The van der Waals surface area contributed by atoms with Crippen molar-refractivity contribution in [1.82, 2.24) is 4.31 Å². The average molecular weight is 519 g/mol. The molecule has 1 unspecified atom stereocenters. The minimum Gasteiger partial charge on any atom is -0.496 e. The first-order chi connectivity index (χ1) is 17.3. The van der Waals surface area contributed by atoms with Crippen LogP contribution in [0, 0.1) is 0 Å². The second kappa shape index (κ2) is 11.2. The number of carbonyl (C=O) groups excluding carboxylic acids is 2. The lowest BCUT2D eigenvalue weighted by Gasteiger charge is -2.21. The quantitative estimate of drug-likeness (QED) is 0.555. The van der Waals surface area contributed by atoms with Gasteiger partial charge in [-0.3, -0.25) is 4.79 Å². The number of carbonyl (C=O) groups is 2. The van der Waals surface area contributed by atoms with E-state index in [0.717, 1.165) is 25.7 Å². The Morgan fingerprint density at radius 3 is 2.36 bits per heavy atom. The molecule has 194 valence electrons. The number of nitrogens with zero attached hydrogens (tertiary/aromatic N) is 1. The number of rotatable bonds is 7. The van der Waals surface area contributed by atoms with Gasteiger partial charge in [-0.25, -0.2) is 13.2 Å². The largest absolute Gasteiger partial charge is 0.496 e. The van der Waals surface area contributed by atoms with Crippen LogP contribution in [0.15, 0.2) is 41.3 Å². The van der Waals surface area contributed by atoms with E-state index in [-0.39, 0.29) is 16.2 Å². The lowest BCUT2D eigenvalue weighted by atomic mass is 10.2. The fourth-order valence-electron chi connectivity index (χ4n) is 4.08. The highest BCUT2D eigenvalue weighted by Crippen LogP contribution is 2.33. The Bertz CT molecular complexity index is 1220. The molecule has 1 atom stereocenters. The molecule has 1 saturated heterocycles. The summed E-state index contributed by atoms with van der Waals surface area (Å²) in [4.78, 5) is 25.6. The van der Waals surface area contributed by atoms with Crippen LogP contribution < -0.4 is 19.5 Å². The van der Waals surface area contributed by atoms with Gasteiger partial charge in [0.05, 0.1) is 12.0 Å². The van der Waals surface area contributed by atoms with Crippen molar-refractivity contribution in [3.05, 3.63) is 42.0 Å². The minimum absolute atomic E-state index is 0.0227. The van der Waals surface area contributed by atoms with E-state index >= 15 is 0 Å². The van der Waals surface area contributed by atoms with Crippen molar-refractivity contribution in [2.75, 3.05) is 38.7 Å². The Morgan fingerprint density at radius 2 is 1.67 bits per heavy atom. The number of sulfonamides is 1. The topological polar surface area (TPSA) is 120 Å². The fourth-order valence-corrected chi connectivity index (χ4v) is 5.62. The van der Waals surface area contributed by atoms with Gasteiger partial charge in [0, 0.05) is 24.8 Å². The molecule has 4 rings (SSSR count). The zero-order chi connectivity index (χ0) is 25.7. The molecule has 10 nitrogen and oxygen atoms in total. The molecule has 1 amide bonds. The molecule has 0 aromatic heterocycles. The highest BCUT2D eigenvalue weighted by molar-refractivity contribution is 7.89. The van der Waals surface area contributed by atoms with Crippen LogP contribution in [0.3, 0.4) is 0 Å². The van der Waals surface area contributed by atoms with Gasteiger partial charge >= 0.3 is 5.97 Å². The molecule has 2 aliphatic heterocycles. The van der Waals surface area contributed by atoms with Crippen molar-refractivity contribution < 1.29 is 37.0 Å². The fraction of sp³-hybridized carbons (Fsp3) is 0.440. The van der Waals surface area contributed by atoms with E-state index in [9.17, 15) is 18.0 Å². The zero-order valence-corrected chi connectivity index (χ0v) is 21.1. The van der Waals surface area contributed by atoms with Crippen molar-refractivity contribution >= 4 is 27.6 Å². The number of hydrogen-bond acceptors (Lipinski definition) is 8. The number of amides is 1. The van der Waals surface area contributed by atoms with E-state index in [4.69, 9.17) is 18.9 Å². The van der Waals surface area contributed by atoms with E-state index in [1.807, 2.05) is 0 Å². The minimum atomic E-state index is -3.79. The van der Waals surface area contributed by atoms with Crippen LogP contribution in [0.4, 0.5) is 5.69 Å². The van der Waals surface area contributed by atoms with Crippen LogP contribution in [-0.4, -0.2) is 64.1 Å². The molecule has 2 aliphatic rings. The Balaban J connectivity index is 1.47. The summed E-state index contributed by atoms with van der Waals surface area (Å²) in [6.45, 7) is 3.16. The standard InChI is InChI=1S/C25H30N2O8S/c1-17(24(28)26-18-7-9-22-23(15-18)34-14-13-33-22)35-25(29)20-16-19(8-10-21(20)32-2)36(30,31)27-11-5-3-4-6-12-27/h7-10,15-17H,3-6,11-14H2,1-2H3,(H,26,28). The predicted molar refractivity (Wildman–Crippen MR) is 131 cm³/mol. The number of methoxy groups -OCH3 is 1. The molecule has 2 aromatic rings. The van der Waals surface area contributed by atoms with Crippen LogP contribution in [0.1, 0.15) is 43.0 Å². The SMILES string of the molecule is COc1ccc(S(=O)(=O)N2CCCCCC2)cc1C(=O)OC(C)C(=O)Nc1ccc2c(c1)OCCO2. The Labute approximate surface area is 210 Å². The van der Waals surface area contributed by atoms with Crippen LogP contribution in [0.2, 0.25) is 0 Å². The highest BCUT2D eigenvalue weighted by atomic mass is 32.2. The lowest BCUT2D eigenvalue weighted by Crippen LogP contribution is -2.32. The van der Waals surface area contributed by atoms with Gasteiger partial charge in [0.1, 0.15) is 24.5 Å². The van der Waals surface area contributed by atoms with Crippen molar-refractivity contribution in [3.8, 4) is 17.2 Å². The Morgan fingerprint density at radius 1 is 0.972 bits per heavy atom. The molecule has 0 spiro atoms. The zero-order valence-electron chi connectivity index (χ0n) is 20.3. The molecule has 2 aromatic carbocycles. The maximum Gasteiger partial charge on any atom is 0.342 e. The summed E-state index contributed by atoms with van der Waals surface area (Å²) in [6, 6.07) is 9.03. The predicted octanol–water partition coefficient (Wildman–Crippen LogP) is 3.22. The third kappa shape index (κ3) is 5.73. The molecule has 0 aliphatic carbocycles. The van der Waals surface area contributed by atoms with Gasteiger partial charge in [0.25, 0.3) is 5.91 Å². The van der Waals surface area contributed by atoms with Crippen LogP contribution in [-0.2, 0) is 19.6 Å². The number of esters is 1. The Kier molecular flexibility index (Phi) is 8.00. The molecule has 11 heteroatoms. The number of benzene rings is 2. The van der Waals surface area contributed by atoms with E-state index in [2.05, 4.69) is 5.32 Å². The number of ether oxygens (including phenoxy) is 4. The van der Waals surface area contributed by atoms with Gasteiger partial charge in [0.2, 0.25) is 10.0 Å². The summed E-state index contributed by atoms with van der Waals surface area (Å²) in [7, 11) is -2.42. The van der Waals surface area contributed by atoms with Crippen LogP contribution >= 0.6 is 0 Å². The van der Waals surface area contributed by atoms with Crippen molar-refractivity contribution in [1.29, 1.82) is 0 Å². The van der Waals surface area contributed by atoms with Gasteiger partial charge in [-0.2, -0.15) is 4.31 Å². The molecule has 1 N–H and O–H groups in total. The van der Waals surface area contributed by atoms with E-state index in [0.29, 0.717) is 43.5 Å². The van der Waals surface area contributed by atoms with Gasteiger partial charge in [-0.15, -0.1) is 0 Å². The first kappa shape index (κ1) is 25.8. The van der Waals surface area contributed by atoms with Crippen molar-refractivity contribution in [3.63, 3.8) is 0 Å². The lowest BCUT2D eigenvalue weighted by molar-refractivity contribution is -0.123. The number of nitrogens with one attached hydrogen (secondary N) is 1. The maximum atomic E-state index is 13.2. The molecule has 0 saturated carbocycles. The molecule has 1 fully saturated rings. The summed E-state index contributed by atoms with van der Waals surface area (Å²) in [5, 5.41) is 2.68. The third-order valence-corrected chi connectivity index (χ3v) is 7.95. The first-order valence-corrected chi connectivity index (χ1v) is 13.3. The third-order valence-electron chi connectivity index (χ3n) is 6.06. The summed E-state index contributed by atoms with van der Waals surface area (Å²) in [5.41, 5.74) is 0.377. The van der Waals surface area contributed by atoms with Crippen LogP contribution in [0.25, 0.3) is 0 Å². The first-order valence-electron chi connectivity index (χ1n) is 11.9. The number of anilines is 1. The van der Waals surface area contributed by atoms with E-state index in [1.165, 1.54) is 36.5 Å². The summed E-state index contributed by atoms with van der Waals surface area (Å²) in [5.74, 6) is -0.192. The summed E-state index contributed by atoms with van der Waals surface area (Å²) in [6.07, 6.45) is 2.39. The van der Waals surface area contributed by atoms with Gasteiger partial charge < -0.3 is 24.3 Å². The molecular weight excluding hydrogens is 488 g/mol. The highest BCUT2D eigenvalue weighted by Gasteiger charge is 2.28. The molecule has 2 heterocycles. The van der Waals surface area contributed by atoms with Crippen molar-refractivity contribution in [2.45, 2.75) is 43.6 Å². The smallest absolute Gasteiger partial charge is 0.342 e. The van der Waals surface area contributed by atoms with Gasteiger partial charge in [-0.05, 0) is 50.1 Å². The number of fused-ring (bicyclic) bond motifs is 1. The van der Waals surface area contributed by atoms with Crippen molar-refractivity contribution in [2.24, 2.45) is 0 Å².